The molecule has 4 N–H and O–H groups in total. The van der Waals surface area contributed by atoms with E-state index in [1.807, 2.05) is 0 Å². The number of ketones is 1. The van der Waals surface area contributed by atoms with Gasteiger partial charge >= 0.3 is 5.97 Å². The molecule has 1 unspecified atom stereocenters. The van der Waals surface area contributed by atoms with Gasteiger partial charge in [0.05, 0.1) is 5.56 Å². The van der Waals surface area contributed by atoms with E-state index < -0.39 is 30.2 Å². The van der Waals surface area contributed by atoms with E-state index in [9.17, 15) is 29.4 Å². The number of nitrogens with zero attached hydrogens (tertiary/aromatic N) is 1. The van der Waals surface area contributed by atoms with Crippen LogP contribution in [0.3, 0.4) is 0 Å². The van der Waals surface area contributed by atoms with Crippen LogP contribution in [0.1, 0.15) is 74.6 Å². The van der Waals surface area contributed by atoms with Crippen LogP contribution in [-0.2, 0) is 14.4 Å². The highest BCUT2D eigenvalue weighted by molar-refractivity contribution is 6.45. The number of rotatable bonds is 8. The zero-order chi connectivity index (χ0) is 24.9. The molecule has 0 radical (unpaired) electrons. The maximum Gasteiger partial charge on any atom is 0.323 e. The van der Waals surface area contributed by atoms with E-state index in [-0.39, 0.29) is 29.2 Å². The summed E-state index contributed by atoms with van der Waals surface area (Å²) in [6, 6.07) is 3.36. The number of carbonyl (C=O) groups is 4. The quantitative estimate of drug-likeness (QED) is 0.335. The van der Waals surface area contributed by atoms with Crippen LogP contribution in [0.4, 0.5) is 0 Å². The van der Waals surface area contributed by atoms with Gasteiger partial charge in [0.25, 0.3) is 11.7 Å². The van der Waals surface area contributed by atoms with E-state index >= 15 is 0 Å². The lowest BCUT2D eigenvalue weighted by atomic mass is 9.82. The van der Waals surface area contributed by atoms with E-state index in [4.69, 9.17) is 0 Å². The summed E-state index contributed by atoms with van der Waals surface area (Å²) < 4.78 is 0. The van der Waals surface area contributed by atoms with Crippen molar-refractivity contribution >= 4 is 34.5 Å². The second kappa shape index (κ2) is 10.9. The largest absolute Gasteiger partial charge is 0.508 e. The molecule has 2 fully saturated rings. The van der Waals surface area contributed by atoms with Gasteiger partial charge in [-0.15, -0.1) is 0 Å². The van der Waals surface area contributed by atoms with Gasteiger partial charge in [-0.2, -0.15) is 0 Å². The maximum absolute atomic E-state index is 13.6. The molecule has 2 aliphatic carbocycles. The fourth-order valence-corrected chi connectivity index (χ4v) is 5.58. The number of amides is 2. The van der Waals surface area contributed by atoms with E-state index in [2.05, 4.69) is 10.3 Å². The summed E-state index contributed by atoms with van der Waals surface area (Å²) in [6.45, 7) is -0.729. The number of nitrogens with one attached hydrogen (secondary N) is 2. The van der Waals surface area contributed by atoms with Crippen molar-refractivity contribution in [1.82, 2.24) is 15.2 Å². The zero-order valence-electron chi connectivity index (χ0n) is 19.8. The van der Waals surface area contributed by atoms with Crippen LogP contribution in [0.15, 0.2) is 24.4 Å². The Balaban J connectivity index is 1.65. The molecule has 9 heteroatoms. The summed E-state index contributed by atoms with van der Waals surface area (Å²) in [5.74, 6) is -3.72. The molecule has 1 heterocycles. The third kappa shape index (κ3) is 5.66. The van der Waals surface area contributed by atoms with Gasteiger partial charge < -0.3 is 25.4 Å². The van der Waals surface area contributed by atoms with E-state index in [1.54, 1.807) is 0 Å². The number of aromatic amines is 1. The van der Waals surface area contributed by atoms with Crippen LogP contribution < -0.4 is 5.32 Å². The first-order valence-electron chi connectivity index (χ1n) is 12.5. The number of phenols is 1. The molecule has 0 saturated heterocycles. The molecule has 35 heavy (non-hydrogen) atoms. The van der Waals surface area contributed by atoms with Gasteiger partial charge in [-0.1, -0.05) is 38.5 Å². The number of H-pyrrole nitrogens is 1. The molecule has 4 rings (SSSR count). The third-order valence-electron chi connectivity index (χ3n) is 7.32. The van der Waals surface area contributed by atoms with Crippen LogP contribution in [-0.4, -0.2) is 62.3 Å². The number of carboxylic acid groups (broad SMARTS) is 1. The molecule has 0 spiro atoms. The number of carbonyl (C=O) groups excluding carboxylic acids is 3. The Hall–Kier alpha value is -3.36. The van der Waals surface area contributed by atoms with Crippen molar-refractivity contribution in [3.63, 3.8) is 0 Å². The highest BCUT2D eigenvalue weighted by atomic mass is 16.4. The molecule has 0 aliphatic heterocycles. The van der Waals surface area contributed by atoms with Crippen molar-refractivity contribution in [3.8, 4) is 5.75 Å². The highest BCUT2D eigenvalue weighted by Crippen LogP contribution is 2.31. The van der Waals surface area contributed by atoms with Crippen molar-refractivity contribution in [2.75, 3.05) is 6.54 Å². The first kappa shape index (κ1) is 24.8. The molecule has 2 aliphatic rings. The maximum atomic E-state index is 13.6. The Bertz CT molecular complexity index is 1100. The summed E-state index contributed by atoms with van der Waals surface area (Å²) in [6.07, 6.45) is 10.5. The summed E-state index contributed by atoms with van der Waals surface area (Å²) in [7, 11) is 0. The molecule has 188 valence electrons. The van der Waals surface area contributed by atoms with Crippen molar-refractivity contribution in [1.29, 1.82) is 0 Å². The predicted octanol–water partition coefficient (Wildman–Crippen LogP) is 3.37. The smallest absolute Gasteiger partial charge is 0.323 e. The van der Waals surface area contributed by atoms with Gasteiger partial charge in [-0.3, -0.25) is 19.2 Å². The fraction of sp³-hybridized carbons (Fsp3) is 0.538. The minimum Gasteiger partial charge on any atom is -0.508 e. The molecule has 1 atom stereocenters. The second-order valence-corrected chi connectivity index (χ2v) is 9.77. The lowest BCUT2D eigenvalue weighted by Gasteiger charge is -2.38. The van der Waals surface area contributed by atoms with Crippen LogP contribution in [0, 0.1) is 5.92 Å². The number of aromatic hydroxyl groups is 1. The molecule has 1 aromatic heterocycles. The molecule has 2 amide bonds. The van der Waals surface area contributed by atoms with Gasteiger partial charge in [0.1, 0.15) is 18.3 Å². The lowest BCUT2D eigenvalue weighted by molar-refractivity contribution is -0.148. The topological polar surface area (TPSA) is 140 Å². The number of fused-ring (bicyclic) bond motifs is 1. The lowest BCUT2D eigenvalue weighted by Crippen LogP contribution is -2.58. The standard InChI is InChI=1S/C26H33N3O6/c30-18-11-12-19-20(14-27-21(19)13-18)24(33)26(35)29(15-22(31)32)23(16-7-3-1-4-8-16)25(34)28-17-9-5-2-6-10-17/h11-14,16-17,23,27,30H,1-10,15H2,(H,28,34)(H,31,32). The first-order chi connectivity index (χ1) is 16.8. The SMILES string of the molecule is O=C(O)CN(C(=O)C(=O)c1c[nH]c2cc(O)ccc12)C(C(=O)NC1CCCCC1)C1CCCCC1. The molecular formula is C26H33N3O6. The zero-order valence-corrected chi connectivity index (χ0v) is 19.8. The summed E-state index contributed by atoms with van der Waals surface area (Å²) >= 11 is 0. The summed E-state index contributed by atoms with van der Waals surface area (Å²) in [5.41, 5.74) is 0.556. The van der Waals surface area contributed by atoms with Gasteiger partial charge in [0.15, 0.2) is 0 Å². The van der Waals surface area contributed by atoms with E-state index in [0.29, 0.717) is 23.7 Å². The Labute approximate surface area is 203 Å². The van der Waals surface area contributed by atoms with Crippen molar-refractivity contribution < 1.29 is 29.4 Å². The number of hydrogen-bond donors (Lipinski definition) is 4. The third-order valence-corrected chi connectivity index (χ3v) is 7.32. The molecule has 1 aromatic carbocycles. The number of Topliss-reactive ketones (excluding diaryl/α,β-unsaturated/α-hetero) is 1. The first-order valence-corrected chi connectivity index (χ1v) is 12.5. The molecule has 0 bridgehead atoms. The minimum atomic E-state index is -1.28. The Kier molecular flexibility index (Phi) is 7.73. The average molecular weight is 484 g/mol. The minimum absolute atomic E-state index is 0.00103. The molecular weight excluding hydrogens is 450 g/mol. The predicted molar refractivity (Wildman–Crippen MR) is 129 cm³/mol. The Morgan fingerprint density at radius 1 is 1.00 bits per heavy atom. The normalized spacial score (nSPS) is 18.2. The fourth-order valence-electron chi connectivity index (χ4n) is 5.58. The number of aliphatic carboxylic acids is 1. The number of benzene rings is 1. The number of phenolic OH excluding ortho intramolecular Hbond substituents is 1. The van der Waals surface area contributed by atoms with Crippen molar-refractivity contribution in [2.24, 2.45) is 5.92 Å². The number of hydrogen-bond acceptors (Lipinski definition) is 5. The van der Waals surface area contributed by atoms with E-state index in [0.717, 1.165) is 56.3 Å². The van der Waals surface area contributed by atoms with Gasteiger partial charge in [-0.05, 0) is 43.7 Å². The molecule has 9 nitrogen and oxygen atoms in total. The Morgan fingerprint density at radius 2 is 1.66 bits per heavy atom. The van der Waals surface area contributed by atoms with Crippen LogP contribution >= 0.6 is 0 Å². The monoisotopic (exact) mass is 483 g/mol. The van der Waals surface area contributed by atoms with Gasteiger partial charge in [0.2, 0.25) is 5.91 Å². The summed E-state index contributed by atoms with van der Waals surface area (Å²) in [5, 5.41) is 22.8. The van der Waals surface area contributed by atoms with E-state index in [1.165, 1.54) is 24.4 Å². The Morgan fingerprint density at radius 3 is 2.31 bits per heavy atom. The number of carboxylic acids is 1. The number of aromatic nitrogens is 1. The molecule has 2 saturated carbocycles. The average Bonchev–Trinajstić information content (AvgIpc) is 3.26. The highest BCUT2D eigenvalue weighted by Gasteiger charge is 2.41. The molecule has 2 aromatic rings. The van der Waals surface area contributed by atoms with Crippen molar-refractivity contribution in [3.05, 3.63) is 30.0 Å². The van der Waals surface area contributed by atoms with Gasteiger partial charge in [0, 0.05) is 29.2 Å². The van der Waals surface area contributed by atoms with Crippen LogP contribution in [0.25, 0.3) is 10.9 Å². The van der Waals surface area contributed by atoms with Crippen LogP contribution in [0.2, 0.25) is 0 Å². The second-order valence-electron chi connectivity index (χ2n) is 9.77. The van der Waals surface area contributed by atoms with Crippen molar-refractivity contribution in [2.45, 2.75) is 76.3 Å². The van der Waals surface area contributed by atoms with Crippen LogP contribution in [0.5, 0.6) is 5.75 Å². The summed E-state index contributed by atoms with van der Waals surface area (Å²) in [4.78, 5) is 56.1. The van der Waals surface area contributed by atoms with Gasteiger partial charge in [-0.25, -0.2) is 0 Å².